The fourth-order valence-corrected chi connectivity index (χ4v) is 0.935. The molecule has 0 aliphatic heterocycles. The minimum absolute atomic E-state index is 0.122. The van der Waals surface area contributed by atoms with Gasteiger partial charge in [-0.15, -0.1) is 0 Å². The summed E-state index contributed by atoms with van der Waals surface area (Å²) in [4.78, 5) is 1.89. The molecule has 1 N–H and O–H groups in total. The monoisotopic (exact) mass is 163 g/mol. The number of hydrogen-bond acceptors (Lipinski definition) is 4. The van der Waals surface area contributed by atoms with Crippen LogP contribution in [0.25, 0.3) is 0 Å². The largest absolute Gasteiger partial charge is 0.395 e. The molecule has 0 atom stereocenters. The first-order valence-electron chi connectivity index (χ1n) is 3.70. The highest BCUT2D eigenvalue weighted by Gasteiger charge is 2.13. The van der Waals surface area contributed by atoms with Crippen LogP contribution >= 0.6 is 0 Å². The molecule has 0 unspecified atom stereocenters. The summed E-state index contributed by atoms with van der Waals surface area (Å²) in [6, 6.07) is 0. The van der Waals surface area contributed by atoms with E-state index >= 15 is 0 Å². The standard InChI is InChI=1S/C7H17NO3/c1-4-8(5-6-9)7(10-2)11-3/h7,9H,4-6H2,1-3H3. The van der Waals surface area contributed by atoms with E-state index in [1.807, 2.05) is 11.8 Å². The molecule has 0 heterocycles. The van der Waals surface area contributed by atoms with Gasteiger partial charge in [0.05, 0.1) is 6.61 Å². The van der Waals surface area contributed by atoms with Gasteiger partial charge in [0.25, 0.3) is 0 Å². The Morgan fingerprint density at radius 1 is 1.36 bits per heavy atom. The lowest BCUT2D eigenvalue weighted by atomic mass is 10.5. The van der Waals surface area contributed by atoms with Crippen molar-refractivity contribution >= 4 is 0 Å². The summed E-state index contributed by atoms with van der Waals surface area (Å²) in [6.07, 6.45) is -0.341. The van der Waals surface area contributed by atoms with E-state index < -0.39 is 0 Å². The lowest BCUT2D eigenvalue weighted by molar-refractivity contribution is -0.196. The van der Waals surface area contributed by atoms with Gasteiger partial charge in [-0.2, -0.15) is 0 Å². The second-order valence-corrected chi connectivity index (χ2v) is 2.13. The van der Waals surface area contributed by atoms with Crippen molar-refractivity contribution in [2.75, 3.05) is 33.9 Å². The van der Waals surface area contributed by atoms with Gasteiger partial charge in [-0.25, -0.2) is 0 Å². The van der Waals surface area contributed by atoms with Crippen molar-refractivity contribution in [3.05, 3.63) is 0 Å². The first-order valence-corrected chi connectivity index (χ1v) is 3.70. The Bertz CT molecular complexity index is 85.8. The normalized spacial score (nSPS) is 11.5. The maximum atomic E-state index is 8.65. The summed E-state index contributed by atoms with van der Waals surface area (Å²) in [5.41, 5.74) is 0. The molecule has 68 valence electrons. The number of aliphatic hydroxyl groups is 1. The Kier molecular flexibility index (Phi) is 6.45. The van der Waals surface area contributed by atoms with E-state index in [1.165, 1.54) is 0 Å². The predicted molar refractivity (Wildman–Crippen MR) is 42.1 cm³/mol. The van der Waals surface area contributed by atoms with Crippen molar-refractivity contribution < 1.29 is 14.6 Å². The minimum Gasteiger partial charge on any atom is -0.395 e. The molecule has 0 aromatic rings. The Morgan fingerprint density at radius 2 is 1.91 bits per heavy atom. The van der Waals surface area contributed by atoms with Crippen molar-refractivity contribution in [3.63, 3.8) is 0 Å². The third-order valence-corrected chi connectivity index (χ3v) is 1.49. The zero-order valence-electron chi connectivity index (χ0n) is 7.41. The van der Waals surface area contributed by atoms with Gasteiger partial charge < -0.3 is 14.6 Å². The molecule has 0 saturated heterocycles. The first-order chi connectivity index (χ1) is 5.29. The smallest absolute Gasteiger partial charge is 0.218 e. The van der Waals surface area contributed by atoms with E-state index in [-0.39, 0.29) is 13.0 Å². The maximum absolute atomic E-state index is 8.65. The summed E-state index contributed by atoms with van der Waals surface area (Å²) in [6.45, 7) is 3.48. The minimum atomic E-state index is -0.341. The summed E-state index contributed by atoms with van der Waals surface area (Å²) >= 11 is 0. The zero-order valence-corrected chi connectivity index (χ0v) is 7.41. The van der Waals surface area contributed by atoms with Crippen LogP contribution in [0.2, 0.25) is 0 Å². The molecule has 0 bridgehead atoms. The maximum Gasteiger partial charge on any atom is 0.218 e. The average Bonchev–Trinajstić information content (AvgIpc) is 2.05. The number of hydrogen-bond donors (Lipinski definition) is 1. The zero-order chi connectivity index (χ0) is 8.69. The van der Waals surface area contributed by atoms with Gasteiger partial charge in [0.15, 0.2) is 0 Å². The van der Waals surface area contributed by atoms with E-state index in [0.717, 1.165) is 6.54 Å². The van der Waals surface area contributed by atoms with E-state index in [2.05, 4.69) is 0 Å². The number of likely N-dealkylation sites (N-methyl/N-ethyl adjacent to an activating group) is 1. The van der Waals surface area contributed by atoms with Crippen LogP contribution in [0.1, 0.15) is 6.92 Å². The first kappa shape index (κ1) is 10.8. The molecule has 4 heteroatoms. The lowest BCUT2D eigenvalue weighted by Crippen LogP contribution is -2.39. The molecular formula is C7H17NO3. The third-order valence-electron chi connectivity index (χ3n) is 1.49. The number of methoxy groups -OCH3 is 2. The van der Waals surface area contributed by atoms with Crippen LogP contribution in [0, 0.1) is 0 Å². The molecule has 0 rings (SSSR count). The molecule has 0 fully saturated rings. The Balaban J connectivity index is 3.76. The van der Waals surface area contributed by atoms with Crippen molar-refractivity contribution in [3.8, 4) is 0 Å². The second kappa shape index (κ2) is 6.54. The average molecular weight is 163 g/mol. The highest BCUT2D eigenvalue weighted by Crippen LogP contribution is 1.99. The van der Waals surface area contributed by atoms with Crippen molar-refractivity contribution in [1.29, 1.82) is 0 Å². The van der Waals surface area contributed by atoms with Gasteiger partial charge in [0, 0.05) is 27.3 Å². The predicted octanol–water partition coefficient (Wildman–Crippen LogP) is -0.123. The van der Waals surface area contributed by atoms with Gasteiger partial charge in [-0.05, 0) is 0 Å². The topological polar surface area (TPSA) is 41.9 Å². The van der Waals surface area contributed by atoms with Gasteiger partial charge in [0.1, 0.15) is 0 Å². The van der Waals surface area contributed by atoms with Crippen LogP contribution in [0.3, 0.4) is 0 Å². The van der Waals surface area contributed by atoms with Crippen molar-refractivity contribution in [2.45, 2.75) is 13.3 Å². The third kappa shape index (κ3) is 3.67. The number of aliphatic hydroxyl groups excluding tert-OH is 1. The molecule has 0 amide bonds. The molecule has 4 nitrogen and oxygen atoms in total. The van der Waals surface area contributed by atoms with Crippen LogP contribution in [-0.2, 0) is 9.47 Å². The number of ether oxygens (including phenoxy) is 2. The summed E-state index contributed by atoms with van der Waals surface area (Å²) in [5, 5.41) is 8.65. The van der Waals surface area contributed by atoms with Gasteiger partial charge >= 0.3 is 0 Å². The molecule has 11 heavy (non-hydrogen) atoms. The second-order valence-electron chi connectivity index (χ2n) is 2.13. The molecule has 0 saturated carbocycles. The van der Waals surface area contributed by atoms with Crippen LogP contribution in [0.5, 0.6) is 0 Å². The molecule has 0 aliphatic rings. The number of rotatable bonds is 6. The van der Waals surface area contributed by atoms with Crippen molar-refractivity contribution in [2.24, 2.45) is 0 Å². The summed E-state index contributed by atoms with van der Waals surface area (Å²) < 4.78 is 10.00. The Morgan fingerprint density at radius 3 is 2.18 bits per heavy atom. The van der Waals surface area contributed by atoms with E-state index in [9.17, 15) is 0 Å². The SMILES string of the molecule is CCN(CCO)C(OC)OC. The van der Waals surface area contributed by atoms with Crippen molar-refractivity contribution in [1.82, 2.24) is 4.90 Å². The van der Waals surface area contributed by atoms with Crippen LogP contribution in [0.4, 0.5) is 0 Å². The highest BCUT2D eigenvalue weighted by molar-refractivity contribution is 4.51. The molecule has 0 aliphatic carbocycles. The molecule has 0 aromatic carbocycles. The fourth-order valence-electron chi connectivity index (χ4n) is 0.935. The summed E-state index contributed by atoms with van der Waals surface area (Å²) in [5.74, 6) is 0. The quantitative estimate of drug-likeness (QED) is 0.554. The van der Waals surface area contributed by atoms with Crippen LogP contribution < -0.4 is 0 Å². The number of nitrogens with zero attached hydrogens (tertiary/aromatic N) is 1. The van der Waals surface area contributed by atoms with E-state index in [0.29, 0.717) is 6.54 Å². The lowest BCUT2D eigenvalue weighted by Gasteiger charge is -2.26. The summed E-state index contributed by atoms with van der Waals surface area (Å²) in [7, 11) is 3.16. The Hall–Kier alpha value is -0.160. The highest BCUT2D eigenvalue weighted by atomic mass is 16.7. The van der Waals surface area contributed by atoms with Crippen LogP contribution in [0.15, 0.2) is 0 Å². The van der Waals surface area contributed by atoms with E-state index in [1.54, 1.807) is 14.2 Å². The molecule has 0 aromatic heterocycles. The molecular weight excluding hydrogens is 146 g/mol. The van der Waals surface area contributed by atoms with Gasteiger partial charge in [0.2, 0.25) is 6.41 Å². The fraction of sp³-hybridized carbons (Fsp3) is 1.00. The Labute approximate surface area is 67.7 Å². The van der Waals surface area contributed by atoms with Crippen LogP contribution in [-0.4, -0.2) is 50.3 Å². The van der Waals surface area contributed by atoms with E-state index in [4.69, 9.17) is 14.6 Å². The molecule has 0 radical (unpaired) electrons. The van der Waals surface area contributed by atoms with Gasteiger partial charge in [-0.1, -0.05) is 6.92 Å². The van der Waals surface area contributed by atoms with Gasteiger partial charge in [-0.3, -0.25) is 4.90 Å². The molecule has 0 spiro atoms.